The van der Waals surface area contributed by atoms with Crippen LogP contribution in [-0.2, 0) is 4.79 Å². The summed E-state index contributed by atoms with van der Waals surface area (Å²) in [5, 5.41) is 9.19. The monoisotopic (exact) mass is 231 g/mol. The lowest BCUT2D eigenvalue weighted by Crippen LogP contribution is -2.38. The smallest absolute Gasteiger partial charge is 0.229 e. The predicted octanol–water partition coefficient (Wildman–Crippen LogP) is 2.15. The molecule has 1 atom stereocenters. The molecule has 1 rings (SSSR count). The summed E-state index contributed by atoms with van der Waals surface area (Å²) in [6, 6.07) is 5.11. The van der Waals surface area contributed by atoms with Gasteiger partial charge in [-0.25, -0.2) is 0 Å². The average molecular weight is 231 g/mol. The van der Waals surface area contributed by atoms with Crippen molar-refractivity contribution in [2.75, 3.05) is 7.05 Å². The topological polar surface area (TPSA) is 57.0 Å². The number of nitriles is 1. The van der Waals surface area contributed by atoms with E-state index in [9.17, 15) is 10.1 Å². The van der Waals surface area contributed by atoms with Crippen LogP contribution in [-0.4, -0.2) is 22.8 Å². The average Bonchev–Trinajstić information content (AvgIpc) is 2.29. The van der Waals surface area contributed by atoms with E-state index in [0.717, 1.165) is 5.56 Å². The van der Waals surface area contributed by atoms with Crippen LogP contribution in [0.25, 0.3) is 0 Å². The van der Waals surface area contributed by atoms with Crippen molar-refractivity contribution in [3.8, 4) is 6.07 Å². The maximum atomic E-state index is 12.1. The number of rotatable bonds is 2. The van der Waals surface area contributed by atoms with Gasteiger partial charge in [-0.2, -0.15) is 5.26 Å². The van der Waals surface area contributed by atoms with Crippen LogP contribution in [0.2, 0.25) is 0 Å². The molecule has 4 nitrogen and oxygen atoms in total. The molecule has 1 heterocycles. The highest BCUT2D eigenvalue weighted by molar-refractivity contribution is 5.82. The molecule has 90 valence electrons. The number of aromatic nitrogens is 1. The van der Waals surface area contributed by atoms with Crippen molar-refractivity contribution < 1.29 is 4.79 Å². The van der Waals surface area contributed by atoms with Crippen LogP contribution in [0.15, 0.2) is 24.5 Å². The minimum atomic E-state index is -0.588. The van der Waals surface area contributed by atoms with Crippen molar-refractivity contribution in [3.05, 3.63) is 30.1 Å². The van der Waals surface area contributed by atoms with Crippen molar-refractivity contribution in [2.45, 2.75) is 26.8 Å². The quantitative estimate of drug-likeness (QED) is 0.783. The van der Waals surface area contributed by atoms with Gasteiger partial charge in [-0.3, -0.25) is 9.78 Å². The molecule has 0 aliphatic carbocycles. The Balaban J connectivity index is 2.98. The van der Waals surface area contributed by atoms with Gasteiger partial charge in [0.2, 0.25) is 5.91 Å². The van der Waals surface area contributed by atoms with E-state index in [1.54, 1.807) is 31.6 Å². The third-order valence-electron chi connectivity index (χ3n) is 2.47. The number of nitrogens with zero attached hydrogens (tertiary/aromatic N) is 3. The van der Waals surface area contributed by atoms with Crippen LogP contribution in [0.1, 0.15) is 32.4 Å². The Bertz CT molecular complexity index is 428. The van der Waals surface area contributed by atoms with Crippen LogP contribution in [0, 0.1) is 16.7 Å². The molecule has 4 heteroatoms. The lowest BCUT2D eigenvalue weighted by Gasteiger charge is -2.29. The van der Waals surface area contributed by atoms with Crippen molar-refractivity contribution in [3.63, 3.8) is 0 Å². The SMILES string of the molecule is CN(C(=O)C(C)(C)C)C(C#N)c1cccnc1. The Kier molecular flexibility index (Phi) is 3.84. The predicted molar refractivity (Wildman–Crippen MR) is 64.8 cm³/mol. The van der Waals surface area contributed by atoms with E-state index >= 15 is 0 Å². The van der Waals surface area contributed by atoms with Gasteiger partial charge in [-0.1, -0.05) is 26.8 Å². The fourth-order valence-corrected chi connectivity index (χ4v) is 1.57. The Morgan fingerprint density at radius 1 is 1.53 bits per heavy atom. The van der Waals surface area contributed by atoms with E-state index in [1.807, 2.05) is 20.8 Å². The zero-order valence-electron chi connectivity index (χ0n) is 10.6. The van der Waals surface area contributed by atoms with Gasteiger partial charge in [-0.05, 0) is 6.07 Å². The van der Waals surface area contributed by atoms with Gasteiger partial charge in [0.25, 0.3) is 0 Å². The summed E-state index contributed by atoms with van der Waals surface area (Å²) in [7, 11) is 1.65. The number of carbonyl (C=O) groups excluding carboxylic acids is 1. The Labute approximate surface area is 102 Å². The summed E-state index contributed by atoms with van der Waals surface area (Å²) in [5.41, 5.74) is 0.238. The van der Waals surface area contributed by atoms with Crippen LogP contribution in [0.5, 0.6) is 0 Å². The van der Waals surface area contributed by atoms with Crippen molar-refractivity contribution in [1.82, 2.24) is 9.88 Å². The highest BCUT2D eigenvalue weighted by Crippen LogP contribution is 2.24. The molecule has 0 aromatic carbocycles. The van der Waals surface area contributed by atoms with Gasteiger partial charge in [0.1, 0.15) is 6.04 Å². The molecule has 0 spiro atoms. The highest BCUT2D eigenvalue weighted by Gasteiger charge is 2.30. The summed E-state index contributed by atoms with van der Waals surface area (Å²) in [6.45, 7) is 5.51. The lowest BCUT2D eigenvalue weighted by atomic mass is 9.93. The summed E-state index contributed by atoms with van der Waals surface area (Å²) in [6.07, 6.45) is 3.25. The molecule has 17 heavy (non-hydrogen) atoms. The lowest BCUT2D eigenvalue weighted by molar-refractivity contribution is -0.139. The number of hydrogen-bond acceptors (Lipinski definition) is 3. The second-order valence-corrected chi connectivity index (χ2v) is 4.98. The minimum Gasteiger partial charge on any atom is -0.325 e. The number of pyridine rings is 1. The standard InChI is InChI=1S/C13H17N3O/c1-13(2,3)12(17)16(4)11(8-14)10-6-5-7-15-9-10/h5-7,9,11H,1-4H3. The molecule has 1 aromatic heterocycles. The molecule has 0 saturated carbocycles. The van der Waals surface area contributed by atoms with Crippen molar-refractivity contribution in [2.24, 2.45) is 5.41 Å². The normalized spacial score (nSPS) is 12.6. The molecular formula is C13H17N3O. The molecule has 1 unspecified atom stereocenters. The van der Waals surface area contributed by atoms with Gasteiger partial charge < -0.3 is 4.90 Å². The maximum absolute atomic E-state index is 12.1. The molecule has 1 aromatic rings. The molecule has 0 bridgehead atoms. The van der Waals surface area contributed by atoms with Gasteiger partial charge >= 0.3 is 0 Å². The summed E-state index contributed by atoms with van der Waals surface area (Å²) < 4.78 is 0. The van der Waals surface area contributed by atoms with Crippen LogP contribution in [0.3, 0.4) is 0 Å². The summed E-state index contributed by atoms with van der Waals surface area (Å²) >= 11 is 0. The second-order valence-electron chi connectivity index (χ2n) is 4.98. The fraction of sp³-hybridized carbons (Fsp3) is 0.462. The molecule has 1 amide bonds. The highest BCUT2D eigenvalue weighted by atomic mass is 16.2. The first-order valence-electron chi connectivity index (χ1n) is 5.44. The van der Waals surface area contributed by atoms with E-state index < -0.39 is 11.5 Å². The molecule has 0 radical (unpaired) electrons. The van der Waals surface area contributed by atoms with Crippen LogP contribution >= 0.6 is 0 Å². The van der Waals surface area contributed by atoms with Gasteiger partial charge in [0.05, 0.1) is 6.07 Å². The van der Waals surface area contributed by atoms with E-state index in [0.29, 0.717) is 0 Å². The Morgan fingerprint density at radius 2 is 2.18 bits per heavy atom. The molecule has 0 fully saturated rings. The summed E-state index contributed by atoms with van der Waals surface area (Å²) in [4.78, 5) is 17.5. The van der Waals surface area contributed by atoms with E-state index in [-0.39, 0.29) is 5.91 Å². The molecule has 0 aliphatic rings. The van der Waals surface area contributed by atoms with E-state index in [1.165, 1.54) is 4.90 Å². The Hall–Kier alpha value is -1.89. The van der Waals surface area contributed by atoms with Crippen molar-refractivity contribution in [1.29, 1.82) is 5.26 Å². The zero-order valence-corrected chi connectivity index (χ0v) is 10.6. The molecule has 0 N–H and O–H groups in total. The Morgan fingerprint density at radius 3 is 2.59 bits per heavy atom. The minimum absolute atomic E-state index is 0.0621. The molecule has 0 aliphatic heterocycles. The molecule has 0 saturated heterocycles. The van der Waals surface area contributed by atoms with Gasteiger partial charge in [0, 0.05) is 30.4 Å². The van der Waals surface area contributed by atoms with E-state index in [2.05, 4.69) is 11.1 Å². The zero-order chi connectivity index (χ0) is 13.1. The first kappa shape index (κ1) is 13.2. The van der Waals surface area contributed by atoms with Crippen molar-refractivity contribution >= 4 is 5.91 Å². The molecular weight excluding hydrogens is 214 g/mol. The second kappa shape index (κ2) is 4.96. The maximum Gasteiger partial charge on any atom is 0.229 e. The first-order chi connectivity index (χ1) is 7.88. The number of hydrogen-bond donors (Lipinski definition) is 0. The van der Waals surface area contributed by atoms with Gasteiger partial charge in [-0.15, -0.1) is 0 Å². The largest absolute Gasteiger partial charge is 0.325 e. The van der Waals surface area contributed by atoms with Crippen LogP contribution in [0.4, 0.5) is 0 Å². The number of amides is 1. The fourth-order valence-electron chi connectivity index (χ4n) is 1.57. The van der Waals surface area contributed by atoms with Gasteiger partial charge in [0.15, 0.2) is 0 Å². The third kappa shape index (κ3) is 3.04. The first-order valence-corrected chi connectivity index (χ1v) is 5.44. The summed E-state index contributed by atoms with van der Waals surface area (Å²) in [5.74, 6) is -0.0621. The van der Waals surface area contributed by atoms with E-state index in [4.69, 9.17) is 0 Å². The number of carbonyl (C=O) groups is 1. The van der Waals surface area contributed by atoms with Crippen LogP contribution < -0.4 is 0 Å². The third-order valence-corrected chi connectivity index (χ3v) is 2.47.